The molecule has 2 heterocycles. The van der Waals surface area contributed by atoms with Crippen LogP contribution < -0.4 is 10.6 Å². The molecule has 0 saturated carbocycles. The van der Waals surface area contributed by atoms with Crippen molar-refractivity contribution in [3.63, 3.8) is 0 Å². The minimum atomic E-state index is -0.0989. The summed E-state index contributed by atoms with van der Waals surface area (Å²) in [6.07, 6.45) is 1.02. The van der Waals surface area contributed by atoms with E-state index in [1.807, 2.05) is 0 Å². The number of nitrogens with one attached hydrogen (secondary N) is 2. The van der Waals surface area contributed by atoms with Crippen molar-refractivity contribution in [3.05, 3.63) is 0 Å². The zero-order valence-corrected chi connectivity index (χ0v) is 11.0. The first-order valence-electron chi connectivity index (χ1n) is 5.29. The maximum absolute atomic E-state index is 5.42. The third kappa shape index (κ3) is 1.66. The highest BCUT2D eigenvalue weighted by Gasteiger charge is 2.49. The molecule has 5 heteroatoms. The van der Waals surface area contributed by atoms with Gasteiger partial charge in [0.2, 0.25) is 0 Å². The van der Waals surface area contributed by atoms with Gasteiger partial charge in [0.05, 0.1) is 5.54 Å². The van der Waals surface area contributed by atoms with Gasteiger partial charge in [0.1, 0.15) is 4.99 Å². The zero-order chi connectivity index (χ0) is 11.2. The van der Waals surface area contributed by atoms with Crippen LogP contribution in [-0.4, -0.2) is 40.2 Å². The Bertz CT molecular complexity index is 318. The van der Waals surface area contributed by atoms with Gasteiger partial charge in [0, 0.05) is 12.6 Å². The minimum absolute atomic E-state index is 0.0989. The van der Waals surface area contributed by atoms with E-state index in [9.17, 15) is 0 Å². The lowest BCUT2D eigenvalue weighted by Crippen LogP contribution is -2.61. The van der Waals surface area contributed by atoms with E-state index in [2.05, 4.69) is 36.4 Å². The summed E-state index contributed by atoms with van der Waals surface area (Å²) >= 11 is 10.6. The summed E-state index contributed by atoms with van der Waals surface area (Å²) in [6, 6.07) is 0.536. The van der Waals surface area contributed by atoms with Crippen molar-refractivity contribution < 1.29 is 0 Å². The second-order valence-corrected chi connectivity index (χ2v) is 5.59. The molecule has 1 spiro atoms. The average molecular weight is 243 g/mol. The lowest BCUT2D eigenvalue weighted by molar-refractivity contribution is 0.108. The Morgan fingerprint density at radius 1 is 1.40 bits per heavy atom. The van der Waals surface area contributed by atoms with E-state index in [-0.39, 0.29) is 5.54 Å². The Hall–Kier alpha value is -0.260. The predicted octanol–water partition coefficient (Wildman–Crippen LogP) is 0.890. The molecule has 3 nitrogen and oxygen atoms in total. The van der Waals surface area contributed by atoms with Gasteiger partial charge in [0.25, 0.3) is 0 Å². The molecule has 15 heavy (non-hydrogen) atoms. The number of hydrogen-bond donors (Lipinski definition) is 2. The smallest absolute Gasteiger partial charge is 0.172 e. The molecule has 0 aromatic rings. The van der Waals surface area contributed by atoms with Gasteiger partial charge in [-0.15, -0.1) is 0 Å². The normalized spacial score (nSPS) is 41.8. The van der Waals surface area contributed by atoms with Crippen LogP contribution >= 0.6 is 24.4 Å². The van der Waals surface area contributed by atoms with E-state index in [4.69, 9.17) is 24.4 Å². The number of likely N-dealkylation sites (tertiary alicyclic amines) is 1. The monoisotopic (exact) mass is 243 g/mol. The first-order chi connectivity index (χ1) is 6.95. The average Bonchev–Trinajstić information content (AvgIpc) is 2.40. The molecule has 0 radical (unpaired) electrons. The Balaban J connectivity index is 2.27. The van der Waals surface area contributed by atoms with Gasteiger partial charge in [-0.3, -0.25) is 0 Å². The number of thiocarbonyl (C=S) groups is 2. The molecule has 2 fully saturated rings. The largest absolute Gasteiger partial charge is 0.350 e. The predicted molar refractivity (Wildman–Crippen MR) is 70.1 cm³/mol. The molecule has 0 bridgehead atoms. The Kier molecular flexibility index (Phi) is 2.73. The highest BCUT2D eigenvalue weighted by Crippen LogP contribution is 2.33. The van der Waals surface area contributed by atoms with Gasteiger partial charge in [-0.25, -0.2) is 0 Å². The van der Waals surface area contributed by atoms with E-state index in [0.717, 1.165) is 18.0 Å². The molecule has 0 aliphatic carbocycles. The molecule has 84 valence electrons. The quantitative estimate of drug-likeness (QED) is 0.616. The van der Waals surface area contributed by atoms with Crippen LogP contribution in [0.25, 0.3) is 0 Å². The van der Waals surface area contributed by atoms with Crippen LogP contribution in [0.4, 0.5) is 0 Å². The SMILES string of the molecule is C[C@@H]1CN(C)[C@@H](C)C[C@]12NC(=S)NC2=S. The topological polar surface area (TPSA) is 27.3 Å². The molecule has 0 unspecified atom stereocenters. The fraction of sp³-hybridized carbons (Fsp3) is 0.800. The van der Waals surface area contributed by atoms with Crippen LogP contribution in [0.5, 0.6) is 0 Å². The van der Waals surface area contributed by atoms with Crippen molar-refractivity contribution in [1.29, 1.82) is 0 Å². The summed E-state index contributed by atoms with van der Waals surface area (Å²) in [5, 5.41) is 7.13. The standard InChI is InChI=1S/C10H17N3S2/c1-6-5-13(3)7(2)4-10(6)8(14)11-9(15)12-10/h6-7H,4-5H2,1-3H3,(H2,11,12,14,15)/t6-,7+,10+/m1/s1. The molecule has 0 aromatic heterocycles. The number of hydrogen-bond acceptors (Lipinski definition) is 3. The molecular weight excluding hydrogens is 226 g/mol. The molecule has 2 saturated heterocycles. The van der Waals surface area contributed by atoms with E-state index in [1.54, 1.807) is 0 Å². The third-order valence-electron chi connectivity index (χ3n) is 3.74. The number of nitrogens with zero attached hydrogens (tertiary/aromatic N) is 1. The van der Waals surface area contributed by atoms with Crippen molar-refractivity contribution in [1.82, 2.24) is 15.5 Å². The summed E-state index contributed by atoms with van der Waals surface area (Å²) in [5.74, 6) is 0.485. The van der Waals surface area contributed by atoms with E-state index >= 15 is 0 Å². The Labute approximate surface area is 102 Å². The van der Waals surface area contributed by atoms with Gasteiger partial charge in [-0.2, -0.15) is 0 Å². The van der Waals surface area contributed by atoms with Gasteiger partial charge >= 0.3 is 0 Å². The van der Waals surface area contributed by atoms with Gasteiger partial charge < -0.3 is 15.5 Å². The molecule has 0 aromatic carbocycles. The van der Waals surface area contributed by atoms with Crippen molar-refractivity contribution in [2.24, 2.45) is 5.92 Å². The second-order valence-electron chi connectivity index (χ2n) is 4.77. The van der Waals surface area contributed by atoms with Crippen LogP contribution in [0.3, 0.4) is 0 Å². The molecular formula is C10H17N3S2. The van der Waals surface area contributed by atoms with E-state index in [0.29, 0.717) is 17.1 Å². The molecule has 2 rings (SSSR count). The Morgan fingerprint density at radius 2 is 2.07 bits per heavy atom. The van der Waals surface area contributed by atoms with Crippen molar-refractivity contribution in [3.8, 4) is 0 Å². The maximum atomic E-state index is 5.42. The molecule has 0 amide bonds. The first kappa shape index (κ1) is 11.2. The summed E-state index contributed by atoms with van der Waals surface area (Å²) in [4.78, 5) is 3.25. The minimum Gasteiger partial charge on any atom is -0.350 e. The highest BCUT2D eigenvalue weighted by molar-refractivity contribution is 7.82. The maximum Gasteiger partial charge on any atom is 0.172 e. The van der Waals surface area contributed by atoms with Gasteiger partial charge in [0.15, 0.2) is 5.11 Å². The van der Waals surface area contributed by atoms with Crippen LogP contribution in [0.2, 0.25) is 0 Å². The van der Waals surface area contributed by atoms with Gasteiger partial charge in [-0.1, -0.05) is 19.1 Å². The van der Waals surface area contributed by atoms with Crippen molar-refractivity contribution in [2.75, 3.05) is 13.6 Å². The second kappa shape index (κ2) is 3.64. The summed E-state index contributed by atoms with van der Waals surface area (Å²) < 4.78 is 0. The molecule has 3 atom stereocenters. The van der Waals surface area contributed by atoms with Crippen LogP contribution in [0, 0.1) is 5.92 Å². The number of piperidine rings is 1. The van der Waals surface area contributed by atoms with E-state index < -0.39 is 0 Å². The Morgan fingerprint density at radius 3 is 2.60 bits per heavy atom. The highest BCUT2D eigenvalue weighted by atomic mass is 32.1. The first-order valence-corrected chi connectivity index (χ1v) is 6.11. The zero-order valence-electron chi connectivity index (χ0n) is 9.33. The van der Waals surface area contributed by atoms with E-state index in [1.165, 1.54) is 0 Å². The fourth-order valence-corrected chi connectivity index (χ4v) is 3.37. The third-order valence-corrected chi connectivity index (χ3v) is 4.41. The molecule has 2 aliphatic rings. The molecule has 2 N–H and O–H groups in total. The summed E-state index contributed by atoms with van der Waals surface area (Å²) in [7, 11) is 2.16. The lowest BCUT2D eigenvalue weighted by Gasteiger charge is -2.46. The number of rotatable bonds is 0. The summed E-state index contributed by atoms with van der Waals surface area (Å²) in [5.41, 5.74) is -0.0989. The fourth-order valence-electron chi connectivity index (χ4n) is 2.59. The van der Waals surface area contributed by atoms with Crippen LogP contribution in [0.15, 0.2) is 0 Å². The van der Waals surface area contributed by atoms with Gasteiger partial charge in [-0.05, 0) is 38.5 Å². The summed E-state index contributed by atoms with van der Waals surface area (Å²) in [6.45, 7) is 5.52. The lowest BCUT2D eigenvalue weighted by atomic mass is 9.76. The molecule has 2 aliphatic heterocycles. The van der Waals surface area contributed by atoms with Crippen molar-refractivity contribution in [2.45, 2.75) is 31.8 Å². The van der Waals surface area contributed by atoms with Crippen molar-refractivity contribution >= 4 is 34.5 Å². The van der Waals surface area contributed by atoms with Crippen LogP contribution in [-0.2, 0) is 0 Å². The van der Waals surface area contributed by atoms with Crippen LogP contribution in [0.1, 0.15) is 20.3 Å².